The quantitative estimate of drug-likeness (QED) is 0.224. The van der Waals surface area contributed by atoms with Crippen molar-refractivity contribution in [1.82, 2.24) is 0 Å². The summed E-state index contributed by atoms with van der Waals surface area (Å²) in [5, 5.41) is 0. The molecule has 0 bridgehead atoms. The standard InChI is InChI=1S/C25H25.C12H19.C8H8.2ClH.Zr/c1-14-12-24(3,4)22-8-16-7-17-9-23-19(15(2)13-25(23,5)6)11-21(17)20(16)10-18(14)22;1-6-10-7-9(2)8-11(10)12(3,4)5;1-7-3-5-8(2)6-4-7;;;/h8-12H,7H2,1-6H3;8-9H,6H2,1-5H3;1,3-6H,2H3;2*1H;/q2*-1;;;;+2/p-2. The summed E-state index contributed by atoms with van der Waals surface area (Å²) in [4.78, 5) is 0. The third kappa shape index (κ3) is 8.12. The fourth-order valence-electron chi connectivity index (χ4n) is 7.68. The topological polar surface area (TPSA) is 0 Å². The summed E-state index contributed by atoms with van der Waals surface area (Å²) in [6, 6.07) is 18.4. The molecule has 0 heterocycles. The van der Waals surface area contributed by atoms with E-state index in [0.717, 1.165) is 12.8 Å². The number of hydrogen-bond donors (Lipinski definition) is 0. The second-order valence-corrected chi connectivity index (χ2v) is 16.6. The monoisotopic (exact) mass is 752 g/mol. The molecule has 0 aromatic heterocycles. The minimum Gasteiger partial charge on any atom is -1.00 e. The molecule has 3 aromatic carbocycles. The first-order valence-corrected chi connectivity index (χ1v) is 18.5. The molecule has 0 aliphatic heterocycles. The molecule has 0 saturated carbocycles. The van der Waals surface area contributed by atoms with Crippen molar-refractivity contribution in [3.63, 3.8) is 0 Å². The summed E-state index contributed by atoms with van der Waals surface area (Å²) in [6.07, 6.45) is 14.1. The largest absolute Gasteiger partial charge is 1.00 e. The molecule has 1 atom stereocenters. The van der Waals surface area contributed by atoms with E-state index in [1.54, 1.807) is 0 Å². The predicted molar refractivity (Wildman–Crippen MR) is 197 cm³/mol. The smallest absolute Gasteiger partial charge is 1.00 e. The van der Waals surface area contributed by atoms with Crippen LogP contribution in [0.2, 0.25) is 0 Å². The second kappa shape index (κ2) is 15.1. The van der Waals surface area contributed by atoms with Crippen LogP contribution in [0.4, 0.5) is 0 Å². The maximum absolute atomic E-state index is 3.65. The molecule has 7 rings (SSSR count). The molecule has 0 saturated heterocycles. The van der Waals surface area contributed by atoms with Crippen LogP contribution in [0.25, 0.3) is 22.3 Å². The number of fused-ring (bicyclic) bond motifs is 5. The van der Waals surface area contributed by atoms with Gasteiger partial charge in [-0.3, -0.25) is 12.2 Å². The Morgan fingerprint density at radius 1 is 0.833 bits per heavy atom. The zero-order chi connectivity index (χ0) is 33.8. The molecule has 0 amide bonds. The minimum atomic E-state index is 0. The third-order valence-corrected chi connectivity index (χ3v) is 10.8. The average molecular weight is 755 g/mol. The molecule has 4 aliphatic rings. The fourth-order valence-corrected chi connectivity index (χ4v) is 8.15. The first-order valence-electron chi connectivity index (χ1n) is 17.0. The number of rotatable bonds is 2. The van der Waals surface area contributed by atoms with Crippen LogP contribution >= 0.6 is 0 Å². The van der Waals surface area contributed by atoms with Crippen molar-refractivity contribution in [3.8, 4) is 11.1 Å². The Balaban J connectivity index is 0.000000228. The number of hydrogen-bond acceptors (Lipinski definition) is 0. The Bertz CT molecular complexity index is 1730. The Labute approximate surface area is 319 Å². The van der Waals surface area contributed by atoms with E-state index in [1.807, 2.05) is 0 Å². The normalized spacial score (nSPS) is 18.4. The van der Waals surface area contributed by atoms with Gasteiger partial charge in [0.2, 0.25) is 0 Å². The summed E-state index contributed by atoms with van der Waals surface area (Å²) in [7, 11) is 0. The molecule has 0 N–H and O–H groups in total. The van der Waals surface area contributed by atoms with E-state index in [4.69, 9.17) is 0 Å². The van der Waals surface area contributed by atoms with Gasteiger partial charge in [0.05, 0.1) is 0 Å². The van der Waals surface area contributed by atoms with Crippen molar-refractivity contribution in [1.29, 1.82) is 0 Å². The van der Waals surface area contributed by atoms with Crippen molar-refractivity contribution in [3.05, 3.63) is 128 Å². The van der Waals surface area contributed by atoms with Crippen molar-refractivity contribution in [2.24, 2.45) is 11.3 Å². The summed E-state index contributed by atoms with van der Waals surface area (Å²) in [5.41, 5.74) is 20.4. The van der Waals surface area contributed by atoms with Crippen LogP contribution in [0.1, 0.15) is 127 Å². The van der Waals surface area contributed by atoms with Crippen LogP contribution in [0.3, 0.4) is 0 Å². The molecule has 0 fully saturated rings. The summed E-state index contributed by atoms with van der Waals surface area (Å²) >= 11 is 1.47. The van der Waals surface area contributed by atoms with Gasteiger partial charge in [0, 0.05) is 5.41 Å². The van der Waals surface area contributed by atoms with Crippen LogP contribution in [0, 0.1) is 30.4 Å². The summed E-state index contributed by atoms with van der Waals surface area (Å²) < 4.78 is 2.19. The molecule has 0 nitrogen and oxygen atoms in total. The Hall–Kier alpha value is -2.05. The van der Waals surface area contributed by atoms with Crippen LogP contribution in [0.15, 0.2) is 71.8 Å². The van der Waals surface area contributed by atoms with Crippen LogP contribution in [0.5, 0.6) is 0 Å². The van der Waals surface area contributed by atoms with Gasteiger partial charge in [-0.1, -0.05) is 111 Å². The Morgan fingerprint density at radius 3 is 1.92 bits per heavy atom. The SMILES string of the molecule is CC1=[C-]C(C)(C)c2cc3c(cc21)-c1cc2c(cc1C3)C(C)(C)C=C2C.CCC1=[C-]C(C)C=C1C(C)(C)C.Cc1ccc([CH]=[Zr+2])cc1.[Cl-].[Cl-]. The van der Waals surface area contributed by atoms with Gasteiger partial charge in [0.15, 0.2) is 0 Å². The molecule has 3 aromatic rings. The van der Waals surface area contributed by atoms with Gasteiger partial charge in [0.25, 0.3) is 0 Å². The van der Waals surface area contributed by atoms with Crippen LogP contribution in [-0.4, -0.2) is 3.71 Å². The average Bonchev–Trinajstić information content (AvgIpc) is 3.67. The van der Waals surface area contributed by atoms with Gasteiger partial charge < -0.3 is 24.8 Å². The molecular formula is C45H52Cl2Zr-2. The maximum Gasteiger partial charge on any atom is -1.00 e. The summed E-state index contributed by atoms with van der Waals surface area (Å²) in [5.74, 6) is 0.522. The predicted octanol–water partition coefficient (Wildman–Crippen LogP) is 5.90. The molecule has 252 valence electrons. The van der Waals surface area contributed by atoms with Crippen LogP contribution in [-0.2, 0) is 41.5 Å². The van der Waals surface area contributed by atoms with Crippen LogP contribution < -0.4 is 24.8 Å². The minimum absolute atomic E-state index is 0. The number of aryl methyl sites for hydroxylation is 1. The Morgan fingerprint density at radius 2 is 1.40 bits per heavy atom. The third-order valence-electron chi connectivity index (χ3n) is 9.98. The maximum atomic E-state index is 3.65. The van der Waals surface area contributed by atoms with Gasteiger partial charge in [-0.15, -0.1) is 11.6 Å². The second-order valence-electron chi connectivity index (χ2n) is 15.9. The van der Waals surface area contributed by atoms with E-state index in [-0.39, 0.29) is 35.6 Å². The number of benzene rings is 3. The first kappa shape index (κ1) is 40.4. The number of allylic oxidation sites excluding steroid dienone is 8. The molecule has 48 heavy (non-hydrogen) atoms. The van der Waals surface area contributed by atoms with Crippen molar-refractivity contribution in [2.45, 2.75) is 107 Å². The molecule has 0 radical (unpaired) electrons. The van der Waals surface area contributed by atoms with Crippen molar-refractivity contribution >= 4 is 14.9 Å². The zero-order valence-electron chi connectivity index (χ0n) is 31.1. The van der Waals surface area contributed by atoms with E-state index in [1.165, 1.54) is 102 Å². The van der Waals surface area contributed by atoms with E-state index in [2.05, 4.69) is 160 Å². The molecule has 1 unspecified atom stereocenters. The number of halogens is 2. The fraction of sp³-hybridized carbons (Fsp3) is 0.400. The van der Waals surface area contributed by atoms with Gasteiger partial charge in [-0.05, 0) is 58.4 Å². The molecular weight excluding hydrogens is 703 g/mol. The first-order chi connectivity index (χ1) is 21.4. The van der Waals surface area contributed by atoms with Gasteiger partial charge in [0.1, 0.15) is 0 Å². The molecule has 4 aliphatic carbocycles. The Kier molecular flexibility index (Phi) is 12.7. The summed E-state index contributed by atoms with van der Waals surface area (Å²) in [6.45, 7) is 27.0. The van der Waals surface area contributed by atoms with Gasteiger partial charge >= 0.3 is 70.3 Å². The van der Waals surface area contributed by atoms with E-state index < -0.39 is 0 Å². The van der Waals surface area contributed by atoms with E-state index in [0.29, 0.717) is 11.3 Å². The van der Waals surface area contributed by atoms with Gasteiger partial charge in [-0.25, -0.2) is 11.1 Å². The van der Waals surface area contributed by atoms with E-state index >= 15 is 0 Å². The molecule has 0 spiro atoms. The zero-order valence-corrected chi connectivity index (χ0v) is 35.1. The van der Waals surface area contributed by atoms with E-state index in [9.17, 15) is 0 Å². The van der Waals surface area contributed by atoms with Crippen molar-refractivity contribution in [2.75, 3.05) is 0 Å². The molecule has 3 heteroatoms. The van der Waals surface area contributed by atoms with Gasteiger partial charge in [-0.2, -0.15) is 17.2 Å². The van der Waals surface area contributed by atoms with Crippen molar-refractivity contribution < 1.29 is 49.0 Å².